The van der Waals surface area contributed by atoms with Crippen molar-refractivity contribution in [2.24, 2.45) is 5.92 Å². The number of rotatable bonds is 5. The minimum atomic E-state index is 0.547. The zero-order valence-electron chi connectivity index (χ0n) is 12.6. The van der Waals surface area contributed by atoms with Crippen molar-refractivity contribution in [2.75, 3.05) is 32.8 Å². The van der Waals surface area contributed by atoms with Crippen molar-refractivity contribution >= 4 is 11.3 Å². The third kappa shape index (κ3) is 2.93. The summed E-state index contributed by atoms with van der Waals surface area (Å²) >= 11 is 1.92. The van der Waals surface area contributed by atoms with Crippen LogP contribution in [0.3, 0.4) is 0 Å². The van der Waals surface area contributed by atoms with Crippen molar-refractivity contribution in [2.45, 2.75) is 38.8 Å². The molecule has 1 N–H and O–H groups in total. The maximum atomic E-state index is 5.71. The first-order valence-corrected chi connectivity index (χ1v) is 8.79. The first kappa shape index (κ1) is 14.5. The van der Waals surface area contributed by atoms with Gasteiger partial charge < -0.3 is 10.1 Å². The molecule has 112 valence electrons. The molecule has 2 aliphatic heterocycles. The smallest absolute Gasteiger partial charge is 0.0623 e. The Kier molecular flexibility index (Phi) is 4.76. The van der Waals surface area contributed by atoms with Crippen LogP contribution in [0.15, 0.2) is 11.4 Å². The summed E-state index contributed by atoms with van der Waals surface area (Å²) < 4.78 is 5.71. The van der Waals surface area contributed by atoms with Crippen molar-refractivity contribution in [3.05, 3.63) is 21.9 Å². The van der Waals surface area contributed by atoms with Crippen LogP contribution in [-0.4, -0.2) is 43.8 Å². The Morgan fingerprint density at radius 1 is 1.45 bits per heavy atom. The average Bonchev–Trinajstić information content (AvgIpc) is 3.09. The Morgan fingerprint density at radius 3 is 3.20 bits per heavy atom. The van der Waals surface area contributed by atoms with Gasteiger partial charge in [-0.15, -0.1) is 11.3 Å². The lowest BCUT2D eigenvalue weighted by Gasteiger charge is -2.36. The molecule has 0 bridgehead atoms. The van der Waals surface area contributed by atoms with Gasteiger partial charge in [0, 0.05) is 36.0 Å². The molecule has 3 atom stereocenters. The second kappa shape index (κ2) is 6.56. The van der Waals surface area contributed by atoms with E-state index in [1.54, 1.807) is 10.4 Å². The fourth-order valence-corrected chi connectivity index (χ4v) is 4.41. The quantitative estimate of drug-likeness (QED) is 0.903. The summed E-state index contributed by atoms with van der Waals surface area (Å²) in [5, 5.41) is 5.90. The van der Waals surface area contributed by atoms with Gasteiger partial charge in [-0.3, -0.25) is 4.90 Å². The third-order valence-electron chi connectivity index (χ3n) is 4.73. The van der Waals surface area contributed by atoms with Gasteiger partial charge in [-0.25, -0.2) is 0 Å². The summed E-state index contributed by atoms with van der Waals surface area (Å²) in [5.74, 6) is 0.643. The first-order chi connectivity index (χ1) is 9.79. The van der Waals surface area contributed by atoms with Crippen LogP contribution in [0.4, 0.5) is 0 Å². The molecule has 0 aliphatic carbocycles. The van der Waals surface area contributed by atoms with Gasteiger partial charge >= 0.3 is 0 Å². The van der Waals surface area contributed by atoms with E-state index in [0.717, 1.165) is 26.3 Å². The summed E-state index contributed by atoms with van der Waals surface area (Å²) in [6.07, 6.45) is 2.42. The van der Waals surface area contributed by atoms with Crippen molar-refractivity contribution in [1.82, 2.24) is 10.2 Å². The third-order valence-corrected chi connectivity index (χ3v) is 5.72. The Balaban J connectivity index is 1.60. The SMILES string of the molecule is CCCNC1COCC1CN1CCc2sccc2C1C. The molecule has 1 fully saturated rings. The lowest BCUT2D eigenvalue weighted by molar-refractivity contribution is 0.142. The second-order valence-electron chi connectivity index (χ2n) is 6.08. The molecule has 4 heteroatoms. The van der Waals surface area contributed by atoms with Gasteiger partial charge in [0.2, 0.25) is 0 Å². The normalized spacial score (nSPS) is 30.6. The Labute approximate surface area is 126 Å². The predicted molar refractivity (Wildman–Crippen MR) is 84.4 cm³/mol. The first-order valence-electron chi connectivity index (χ1n) is 7.91. The van der Waals surface area contributed by atoms with Gasteiger partial charge in [0.1, 0.15) is 0 Å². The van der Waals surface area contributed by atoms with Gasteiger partial charge in [-0.05, 0) is 43.3 Å². The molecule has 0 spiro atoms. The molecular formula is C16H26N2OS. The van der Waals surface area contributed by atoms with E-state index >= 15 is 0 Å². The van der Waals surface area contributed by atoms with Crippen molar-refractivity contribution in [1.29, 1.82) is 0 Å². The van der Waals surface area contributed by atoms with E-state index in [1.165, 1.54) is 19.4 Å². The van der Waals surface area contributed by atoms with Crippen molar-refractivity contribution < 1.29 is 4.74 Å². The van der Waals surface area contributed by atoms with E-state index in [0.29, 0.717) is 18.0 Å². The Morgan fingerprint density at radius 2 is 2.35 bits per heavy atom. The average molecular weight is 294 g/mol. The molecule has 0 amide bonds. The molecule has 0 radical (unpaired) electrons. The summed E-state index contributed by atoms with van der Waals surface area (Å²) in [6.45, 7) is 9.85. The van der Waals surface area contributed by atoms with Gasteiger partial charge in [0.05, 0.1) is 13.2 Å². The molecule has 3 unspecified atom stereocenters. The summed E-state index contributed by atoms with van der Waals surface area (Å²) in [4.78, 5) is 4.24. The standard InChI is InChI=1S/C16H26N2OS/c1-3-6-17-15-11-19-10-13(15)9-18-7-4-16-14(12(18)2)5-8-20-16/h5,8,12-13,15,17H,3-4,6-7,9-11H2,1-2H3. The summed E-state index contributed by atoms with van der Waals surface area (Å²) in [5.41, 5.74) is 1.55. The molecule has 3 nitrogen and oxygen atoms in total. The van der Waals surface area contributed by atoms with E-state index in [4.69, 9.17) is 4.74 Å². The second-order valence-corrected chi connectivity index (χ2v) is 7.08. The maximum absolute atomic E-state index is 5.71. The molecule has 20 heavy (non-hydrogen) atoms. The molecule has 1 aromatic heterocycles. The summed E-state index contributed by atoms with van der Waals surface area (Å²) in [6, 6.07) is 3.43. The van der Waals surface area contributed by atoms with Crippen LogP contribution in [-0.2, 0) is 11.2 Å². The largest absolute Gasteiger partial charge is 0.379 e. The van der Waals surface area contributed by atoms with E-state index < -0.39 is 0 Å². The zero-order chi connectivity index (χ0) is 13.9. The number of hydrogen-bond acceptors (Lipinski definition) is 4. The van der Waals surface area contributed by atoms with E-state index in [-0.39, 0.29) is 0 Å². The monoisotopic (exact) mass is 294 g/mol. The molecule has 1 aromatic rings. The highest BCUT2D eigenvalue weighted by atomic mass is 32.1. The lowest BCUT2D eigenvalue weighted by atomic mass is 9.97. The maximum Gasteiger partial charge on any atom is 0.0623 e. The van der Waals surface area contributed by atoms with Gasteiger partial charge in [-0.2, -0.15) is 0 Å². The van der Waals surface area contributed by atoms with Crippen LogP contribution in [0.25, 0.3) is 0 Å². The fourth-order valence-electron chi connectivity index (χ4n) is 3.45. The Bertz CT molecular complexity index is 434. The predicted octanol–water partition coefficient (Wildman–Crippen LogP) is 2.68. The van der Waals surface area contributed by atoms with Gasteiger partial charge in [-0.1, -0.05) is 6.92 Å². The number of ether oxygens (including phenoxy) is 1. The number of hydrogen-bond donors (Lipinski definition) is 1. The van der Waals surface area contributed by atoms with E-state index in [2.05, 4.69) is 35.5 Å². The summed E-state index contributed by atoms with van der Waals surface area (Å²) in [7, 11) is 0. The molecule has 3 heterocycles. The highest BCUT2D eigenvalue weighted by molar-refractivity contribution is 7.10. The minimum absolute atomic E-state index is 0.547. The van der Waals surface area contributed by atoms with E-state index in [9.17, 15) is 0 Å². The van der Waals surface area contributed by atoms with Gasteiger partial charge in [0.25, 0.3) is 0 Å². The van der Waals surface area contributed by atoms with Crippen molar-refractivity contribution in [3.63, 3.8) is 0 Å². The number of nitrogens with one attached hydrogen (secondary N) is 1. The lowest BCUT2D eigenvalue weighted by Crippen LogP contribution is -2.44. The molecule has 0 saturated carbocycles. The molecule has 3 rings (SSSR count). The van der Waals surface area contributed by atoms with Crippen LogP contribution in [0.5, 0.6) is 0 Å². The Hall–Kier alpha value is -0.420. The van der Waals surface area contributed by atoms with Crippen LogP contribution in [0.1, 0.15) is 36.8 Å². The zero-order valence-corrected chi connectivity index (χ0v) is 13.4. The number of fused-ring (bicyclic) bond motifs is 1. The molecule has 1 saturated heterocycles. The highest BCUT2D eigenvalue weighted by Gasteiger charge is 2.32. The molecular weight excluding hydrogens is 268 g/mol. The van der Waals surface area contributed by atoms with Crippen LogP contribution in [0.2, 0.25) is 0 Å². The van der Waals surface area contributed by atoms with Crippen LogP contribution in [0, 0.1) is 5.92 Å². The number of nitrogens with zero attached hydrogens (tertiary/aromatic N) is 1. The fraction of sp³-hybridized carbons (Fsp3) is 0.750. The number of thiophene rings is 1. The molecule has 0 aromatic carbocycles. The molecule has 2 aliphatic rings. The van der Waals surface area contributed by atoms with Gasteiger partial charge in [0.15, 0.2) is 0 Å². The van der Waals surface area contributed by atoms with E-state index in [1.807, 2.05) is 11.3 Å². The minimum Gasteiger partial charge on any atom is -0.379 e. The topological polar surface area (TPSA) is 24.5 Å². The highest BCUT2D eigenvalue weighted by Crippen LogP contribution is 2.33. The van der Waals surface area contributed by atoms with Crippen molar-refractivity contribution in [3.8, 4) is 0 Å². The van der Waals surface area contributed by atoms with Crippen LogP contribution < -0.4 is 5.32 Å². The van der Waals surface area contributed by atoms with Crippen LogP contribution >= 0.6 is 11.3 Å².